The fourth-order valence-corrected chi connectivity index (χ4v) is 1.69. The Morgan fingerprint density at radius 1 is 1.10 bits per heavy atom. The molecule has 0 aromatic carbocycles. The molecule has 0 aliphatic rings. The summed E-state index contributed by atoms with van der Waals surface area (Å²) in [6.45, 7) is 10.1. The molecule has 1 unspecified atom stereocenters. The highest BCUT2D eigenvalue weighted by Crippen LogP contribution is 2.09. The summed E-state index contributed by atoms with van der Waals surface area (Å²) < 4.78 is 5.20. The number of ether oxygens (including phenoxy) is 1. The molecule has 2 amide bonds. The first-order chi connectivity index (χ1) is 9.30. The van der Waals surface area contributed by atoms with Gasteiger partial charge in [-0.15, -0.1) is 0 Å². The Morgan fingerprint density at radius 3 is 2.25 bits per heavy atom. The van der Waals surface area contributed by atoms with Gasteiger partial charge in [0.25, 0.3) is 0 Å². The van der Waals surface area contributed by atoms with Crippen molar-refractivity contribution in [2.45, 2.75) is 78.4 Å². The maximum atomic E-state index is 12.0. The number of carbonyl (C=O) groups is 2. The van der Waals surface area contributed by atoms with Crippen LogP contribution in [0.15, 0.2) is 0 Å². The van der Waals surface area contributed by atoms with Gasteiger partial charge in [-0.3, -0.25) is 4.79 Å². The average molecular weight is 286 g/mol. The van der Waals surface area contributed by atoms with Crippen molar-refractivity contribution >= 4 is 12.0 Å². The van der Waals surface area contributed by atoms with Gasteiger partial charge in [0.05, 0.1) is 0 Å². The molecule has 0 radical (unpaired) electrons. The first-order valence-corrected chi connectivity index (χ1v) is 7.57. The van der Waals surface area contributed by atoms with E-state index in [0.29, 0.717) is 13.0 Å². The highest BCUT2D eigenvalue weighted by atomic mass is 16.6. The van der Waals surface area contributed by atoms with Gasteiger partial charge in [-0.2, -0.15) is 0 Å². The van der Waals surface area contributed by atoms with Crippen LogP contribution in [0.4, 0.5) is 4.79 Å². The predicted octanol–water partition coefficient (Wildman–Crippen LogP) is 2.99. The van der Waals surface area contributed by atoms with Gasteiger partial charge in [-0.05, 0) is 33.6 Å². The van der Waals surface area contributed by atoms with Crippen molar-refractivity contribution in [3.05, 3.63) is 0 Å². The normalized spacial score (nSPS) is 12.7. The summed E-state index contributed by atoms with van der Waals surface area (Å²) in [5, 5.41) is 5.49. The lowest BCUT2D eigenvalue weighted by atomic mass is 10.1. The van der Waals surface area contributed by atoms with Gasteiger partial charge in [0.15, 0.2) is 0 Å². The van der Waals surface area contributed by atoms with Crippen molar-refractivity contribution in [3.8, 4) is 0 Å². The molecule has 1 atom stereocenters. The van der Waals surface area contributed by atoms with E-state index in [1.54, 1.807) is 20.8 Å². The Labute approximate surface area is 122 Å². The Morgan fingerprint density at radius 2 is 1.75 bits per heavy atom. The third-order valence-electron chi connectivity index (χ3n) is 2.65. The van der Waals surface area contributed by atoms with E-state index in [0.717, 1.165) is 25.7 Å². The van der Waals surface area contributed by atoms with Crippen molar-refractivity contribution in [1.82, 2.24) is 10.6 Å². The summed E-state index contributed by atoms with van der Waals surface area (Å²) in [4.78, 5) is 23.8. The summed E-state index contributed by atoms with van der Waals surface area (Å²) in [7, 11) is 0. The molecule has 0 spiro atoms. The second kappa shape index (κ2) is 9.61. The largest absolute Gasteiger partial charge is 0.444 e. The number of rotatable bonds is 8. The van der Waals surface area contributed by atoms with Gasteiger partial charge in [0.1, 0.15) is 11.6 Å². The molecule has 0 heterocycles. The lowest BCUT2D eigenvalue weighted by molar-refractivity contribution is -0.123. The Kier molecular flexibility index (Phi) is 9.01. The van der Waals surface area contributed by atoms with Crippen molar-refractivity contribution in [2.24, 2.45) is 0 Å². The molecule has 0 saturated heterocycles. The second-order valence-corrected chi connectivity index (χ2v) is 5.99. The Hall–Kier alpha value is -1.26. The molecule has 0 bridgehead atoms. The van der Waals surface area contributed by atoms with Gasteiger partial charge < -0.3 is 15.4 Å². The average Bonchev–Trinajstić information content (AvgIpc) is 2.32. The zero-order valence-electron chi connectivity index (χ0n) is 13.5. The molecular weight excluding hydrogens is 256 g/mol. The minimum absolute atomic E-state index is 0.131. The van der Waals surface area contributed by atoms with E-state index in [4.69, 9.17) is 4.74 Å². The van der Waals surface area contributed by atoms with E-state index in [9.17, 15) is 9.59 Å². The van der Waals surface area contributed by atoms with Crippen LogP contribution < -0.4 is 10.6 Å². The number of carbonyl (C=O) groups excluding carboxylic acids is 2. The van der Waals surface area contributed by atoms with Crippen LogP contribution in [0.1, 0.15) is 66.7 Å². The standard InChI is InChI=1S/C15H30N2O3/c1-6-8-9-10-12(13(18)16-11-7-2)17-14(19)20-15(3,4)5/h12H,6-11H2,1-5H3,(H,16,18)(H,17,19). The molecule has 0 aromatic heterocycles. The molecular formula is C15H30N2O3. The lowest BCUT2D eigenvalue weighted by Gasteiger charge is -2.23. The van der Waals surface area contributed by atoms with Gasteiger partial charge >= 0.3 is 6.09 Å². The third-order valence-corrected chi connectivity index (χ3v) is 2.65. The van der Waals surface area contributed by atoms with E-state index in [-0.39, 0.29) is 5.91 Å². The zero-order chi connectivity index (χ0) is 15.6. The van der Waals surface area contributed by atoms with Gasteiger partial charge in [-0.1, -0.05) is 33.1 Å². The lowest BCUT2D eigenvalue weighted by Crippen LogP contribution is -2.48. The minimum Gasteiger partial charge on any atom is -0.444 e. The maximum absolute atomic E-state index is 12.0. The number of hydrogen-bond donors (Lipinski definition) is 2. The molecule has 0 aliphatic heterocycles. The van der Waals surface area contributed by atoms with Crippen LogP contribution in [0.3, 0.4) is 0 Å². The van der Waals surface area contributed by atoms with Crippen molar-refractivity contribution in [3.63, 3.8) is 0 Å². The van der Waals surface area contributed by atoms with Crippen LogP contribution in [-0.2, 0) is 9.53 Å². The van der Waals surface area contributed by atoms with Crippen LogP contribution in [-0.4, -0.2) is 30.2 Å². The van der Waals surface area contributed by atoms with Crippen LogP contribution in [0.2, 0.25) is 0 Å². The molecule has 5 nitrogen and oxygen atoms in total. The van der Waals surface area contributed by atoms with Crippen LogP contribution in [0.25, 0.3) is 0 Å². The van der Waals surface area contributed by atoms with Gasteiger partial charge in [0, 0.05) is 6.54 Å². The first-order valence-electron chi connectivity index (χ1n) is 7.57. The monoisotopic (exact) mass is 286 g/mol. The summed E-state index contributed by atoms with van der Waals surface area (Å²) in [5.41, 5.74) is -0.558. The number of alkyl carbamates (subject to hydrolysis) is 1. The fraction of sp³-hybridized carbons (Fsp3) is 0.867. The third kappa shape index (κ3) is 9.64. The van der Waals surface area contributed by atoms with Crippen LogP contribution in [0.5, 0.6) is 0 Å². The van der Waals surface area contributed by atoms with Gasteiger partial charge in [0.2, 0.25) is 5.91 Å². The number of amides is 2. The molecule has 0 saturated carbocycles. The highest BCUT2D eigenvalue weighted by molar-refractivity contribution is 5.85. The van der Waals surface area contributed by atoms with Crippen molar-refractivity contribution in [2.75, 3.05) is 6.54 Å². The van der Waals surface area contributed by atoms with Gasteiger partial charge in [-0.25, -0.2) is 4.79 Å². The molecule has 0 rings (SSSR count). The maximum Gasteiger partial charge on any atom is 0.408 e. The summed E-state index contributed by atoms with van der Waals surface area (Å²) in [6.07, 6.45) is 4.02. The van der Waals surface area contributed by atoms with E-state index < -0.39 is 17.7 Å². The Bertz CT molecular complexity index is 298. The van der Waals surface area contributed by atoms with E-state index in [1.165, 1.54) is 0 Å². The summed E-state index contributed by atoms with van der Waals surface area (Å²) >= 11 is 0. The van der Waals surface area contributed by atoms with E-state index in [1.807, 2.05) is 6.92 Å². The second-order valence-electron chi connectivity index (χ2n) is 5.99. The molecule has 5 heteroatoms. The molecule has 2 N–H and O–H groups in total. The van der Waals surface area contributed by atoms with E-state index in [2.05, 4.69) is 17.6 Å². The van der Waals surface area contributed by atoms with Crippen LogP contribution in [0, 0.1) is 0 Å². The van der Waals surface area contributed by atoms with E-state index >= 15 is 0 Å². The number of unbranched alkanes of at least 4 members (excludes halogenated alkanes) is 2. The smallest absolute Gasteiger partial charge is 0.408 e. The predicted molar refractivity (Wildman–Crippen MR) is 80.6 cm³/mol. The highest BCUT2D eigenvalue weighted by Gasteiger charge is 2.23. The first kappa shape index (κ1) is 18.7. The quantitative estimate of drug-likeness (QED) is 0.674. The van der Waals surface area contributed by atoms with Crippen LogP contribution >= 0.6 is 0 Å². The molecule has 118 valence electrons. The molecule has 0 fully saturated rings. The number of nitrogens with one attached hydrogen (secondary N) is 2. The summed E-state index contributed by atoms with van der Waals surface area (Å²) in [6, 6.07) is -0.511. The Balaban J connectivity index is 4.43. The SMILES string of the molecule is CCCCCC(NC(=O)OC(C)(C)C)C(=O)NCCC. The summed E-state index contributed by atoms with van der Waals surface area (Å²) in [5.74, 6) is -0.131. The fourth-order valence-electron chi connectivity index (χ4n) is 1.69. The van der Waals surface area contributed by atoms with Crippen molar-refractivity contribution in [1.29, 1.82) is 0 Å². The number of hydrogen-bond acceptors (Lipinski definition) is 3. The topological polar surface area (TPSA) is 67.4 Å². The minimum atomic E-state index is -0.558. The zero-order valence-corrected chi connectivity index (χ0v) is 13.5. The molecule has 0 aromatic rings. The molecule has 0 aliphatic carbocycles. The molecule has 20 heavy (non-hydrogen) atoms. The van der Waals surface area contributed by atoms with Crippen molar-refractivity contribution < 1.29 is 14.3 Å².